The number of carbonyl (C=O) groups excluding carboxylic acids is 1. The van der Waals surface area contributed by atoms with Crippen molar-refractivity contribution in [2.24, 2.45) is 11.7 Å². The number of hydrogen-bond acceptors (Lipinski definition) is 3. The molecule has 100 valence electrons. The number of hydrogen-bond donors (Lipinski definition) is 2. The van der Waals surface area contributed by atoms with Crippen molar-refractivity contribution in [1.29, 1.82) is 0 Å². The second-order valence-electron chi connectivity index (χ2n) is 4.39. The number of rotatable bonds is 5. The Kier molecular flexibility index (Phi) is 5.44. The van der Waals surface area contributed by atoms with E-state index in [-0.39, 0.29) is 11.8 Å². The van der Waals surface area contributed by atoms with Crippen LogP contribution in [0.25, 0.3) is 0 Å². The molecule has 1 aromatic rings. The van der Waals surface area contributed by atoms with Crippen molar-refractivity contribution in [3.05, 3.63) is 23.2 Å². The Bertz CT molecular complexity index is 417. The number of nitrogens with one attached hydrogen (secondary N) is 1. The minimum absolute atomic E-state index is 0.0614. The maximum absolute atomic E-state index is 11.9. The predicted molar refractivity (Wildman–Crippen MR) is 77.2 cm³/mol. The number of nitrogens with zero attached hydrogens (tertiary/aromatic N) is 1. The average molecular weight is 270 g/mol. The molecule has 0 aliphatic carbocycles. The van der Waals surface area contributed by atoms with Crippen LogP contribution in [0.3, 0.4) is 0 Å². The van der Waals surface area contributed by atoms with Crippen molar-refractivity contribution in [2.45, 2.75) is 13.3 Å². The van der Waals surface area contributed by atoms with Crippen LogP contribution in [0.1, 0.15) is 13.3 Å². The molecule has 5 heteroatoms. The van der Waals surface area contributed by atoms with E-state index in [2.05, 4.69) is 5.32 Å². The smallest absolute Gasteiger partial charge is 0.228 e. The zero-order valence-corrected chi connectivity index (χ0v) is 11.8. The maximum Gasteiger partial charge on any atom is 0.228 e. The lowest BCUT2D eigenvalue weighted by Gasteiger charge is -2.16. The van der Waals surface area contributed by atoms with Crippen LogP contribution in [0.2, 0.25) is 5.02 Å². The summed E-state index contributed by atoms with van der Waals surface area (Å²) in [7, 11) is 3.84. The zero-order valence-electron chi connectivity index (χ0n) is 11.0. The molecule has 4 nitrogen and oxygen atoms in total. The first kappa shape index (κ1) is 14.8. The molecule has 18 heavy (non-hydrogen) atoms. The average Bonchev–Trinajstić information content (AvgIpc) is 2.30. The number of anilines is 2. The van der Waals surface area contributed by atoms with Crippen molar-refractivity contribution in [3.63, 3.8) is 0 Å². The molecule has 1 rings (SSSR count). The summed E-state index contributed by atoms with van der Waals surface area (Å²) in [4.78, 5) is 13.8. The van der Waals surface area contributed by atoms with Crippen molar-refractivity contribution in [3.8, 4) is 0 Å². The Hall–Kier alpha value is -1.26. The molecule has 0 radical (unpaired) electrons. The number of halogens is 1. The van der Waals surface area contributed by atoms with Gasteiger partial charge >= 0.3 is 0 Å². The van der Waals surface area contributed by atoms with Crippen LogP contribution >= 0.6 is 11.6 Å². The van der Waals surface area contributed by atoms with E-state index in [0.717, 1.165) is 12.1 Å². The highest BCUT2D eigenvalue weighted by Gasteiger charge is 2.15. The van der Waals surface area contributed by atoms with E-state index in [4.69, 9.17) is 17.3 Å². The summed E-state index contributed by atoms with van der Waals surface area (Å²) in [5.41, 5.74) is 7.15. The third-order valence-corrected chi connectivity index (χ3v) is 3.15. The van der Waals surface area contributed by atoms with Crippen LogP contribution in [0.4, 0.5) is 11.4 Å². The number of benzene rings is 1. The van der Waals surface area contributed by atoms with Gasteiger partial charge in [0.25, 0.3) is 0 Å². The molecule has 0 saturated carbocycles. The number of nitrogens with two attached hydrogens (primary N) is 1. The quantitative estimate of drug-likeness (QED) is 0.863. The van der Waals surface area contributed by atoms with Gasteiger partial charge in [0, 0.05) is 26.3 Å². The summed E-state index contributed by atoms with van der Waals surface area (Å²) < 4.78 is 0. The summed E-state index contributed by atoms with van der Waals surface area (Å²) in [6.45, 7) is 2.30. The molecule has 0 aromatic heterocycles. The Morgan fingerprint density at radius 1 is 1.50 bits per heavy atom. The van der Waals surface area contributed by atoms with Crippen LogP contribution in [-0.4, -0.2) is 26.5 Å². The minimum atomic E-state index is -0.155. The SMILES string of the molecule is CCC(CN)C(=O)Nc1ccc(N(C)C)c(Cl)c1. The summed E-state index contributed by atoms with van der Waals surface area (Å²) in [5, 5.41) is 3.44. The first-order chi connectivity index (χ1) is 8.49. The molecule has 0 fully saturated rings. The summed E-state index contributed by atoms with van der Waals surface area (Å²) in [6.07, 6.45) is 0.728. The molecule has 0 aliphatic heterocycles. The van der Waals surface area contributed by atoms with Crippen LogP contribution < -0.4 is 16.0 Å². The van der Waals surface area contributed by atoms with E-state index in [1.807, 2.05) is 38.1 Å². The van der Waals surface area contributed by atoms with Crippen molar-refractivity contribution < 1.29 is 4.79 Å². The van der Waals surface area contributed by atoms with E-state index in [1.54, 1.807) is 6.07 Å². The first-order valence-electron chi connectivity index (χ1n) is 5.97. The molecule has 1 atom stereocenters. The van der Waals surface area contributed by atoms with Crippen LogP contribution in [0.15, 0.2) is 18.2 Å². The number of amides is 1. The highest BCUT2D eigenvalue weighted by Crippen LogP contribution is 2.27. The minimum Gasteiger partial charge on any atom is -0.376 e. The fourth-order valence-corrected chi connectivity index (χ4v) is 2.00. The Morgan fingerprint density at radius 3 is 2.61 bits per heavy atom. The third kappa shape index (κ3) is 3.62. The molecular weight excluding hydrogens is 250 g/mol. The van der Waals surface area contributed by atoms with Crippen molar-refractivity contribution in [2.75, 3.05) is 30.9 Å². The van der Waals surface area contributed by atoms with Crippen LogP contribution in [-0.2, 0) is 4.79 Å². The molecule has 0 heterocycles. The number of carbonyl (C=O) groups is 1. The Labute approximate surface area is 113 Å². The van der Waals surface area contributed by atoms with Gasteiger partial charge in [-0.15, -0.1) is 0 Å². The van der Waals surface area contributed by atoms with Gasteiger partial charge in [-0.3, -0.25) is 4.79 Å². The molecule has 0 aliphatic rings. The summed E-state index contributed by atoms with van der Waals surface area (Å²) in [6, 6.07) is 5.46. The van der Waals surface area contributed by atoms with Gasteiger partial charge in [-0.25, -0.2) is 0 Å². The monoisotopic (exact) mass is 269 g/mol. The van der Waals surface area contributed by atoms with E-state index in [9.17, 15) is 4.79 Å². The lowest BCUT2D eigenvalue weighted by atomic mass is 10.1. The van der Waals surface area contributed by atoms with E-state index in [0.29, 0.717) is 17.3 Å². The molecule has 1 aromatic carbocycles. The lowest BCUT2D eigenvalue weighted by molar-refractivity contribution is -0.119. The fourth-order valence-electron chi connectivity index (χ4n) is 1.65. The van der Waals surface area contributed by atoms with E-state index >= 15 is 0 Å². The predicted octanol–water partition coefficient (Wildman–Crippen LogP) is 2.33. The Morgan fingerprint density at radius 2 is 2.17 bits per heavy atom. The van der Waals surface area contributed by atoms with Gasteiger partial charge in [0.1, 0.15) is 0 Å². The van der Waals surface area contributed by atoms with Crippen LogP contribution in [0.5, 0.6) is 0 Å². The molecule has 0 saturated heterocycles. The van der Waals surface area contributed by atoms with E-state index in [1.165, 1.54) is 0 Å². The maximum atomic E-state index is 11.9. The standard InChI is InChI=1S/C13H20ClN3O/c1-4-9(8-15)13(18)16-10-5-6-12(17(2)3)11(14)7-10/h5-7,9H,4,8,15H2,1-3H3,(H,16,18). The molecule has 3 N–H and O–H groups in total. The Balaban J connectivity index is 2.80. The van der Waals surface area contributed by atoms with Gasteiger partial charge in [0.2, 0.25) is 5.91 Å². The van der Waals surface area contributed by atoms with Gasteiger partial charge in [0.15, 0.2) is 0 Å². The van der Waals surface area contributed by atoms with Gasteiger partial charge in [-0.05, 0) is 24.6 Å². The van der Waals surface area contributed by atoms with Crippen molar-refractivity contribution in [1.82, 2.24) is 0 Å². The zero-order chi connectivity index (χ0) is 13.7. The van der Waals surface area contributed by atoms with Crippen molar-refractivity contribution >= 4 is 28.9 Å². The molecule has 1 unspecified atom stereocenters. The topological polar surface area (TPSA) is 58.4 Å². The van der Waals surface area contributed by atoms with Crippen LogP contribution in [0, 0.1) is 5.92 Å². The lowest BCUT2D eigenvalue weighted by Crippen LogP contribution is -2.28. The van der Waals surface area contributed by atoms with Gasteiger partial charge < -0.3 is 16.0 Å². The largest absolute Gasteiger partial charge is 0.376 e. The van der Waals surface area contributed by atoms with E-state index < -0.39 is 0 Å². The molecule has 0 bridgehead atoms. The normalized spacial score (nSPS) is 12.1. The third-order valence-electron chi connectivity index (χ3n) is 2.85. The summed E-state index contributed by atoms with van der Waals surface area (Å²) >= 11 is 6.14. The second-order valence-corrected chi connectivity index (χ2v) is 4.80. The van der Waals surface area contributed by atoms with Gasteiger partial charge in [-0.2, -0.15) is 0 Å². The highest BCUT2D eigenvalue weighted by molar-refractivity contribution is 6.33. The fraction of sp³-hybridized carbons (Fsp3) is 0.462. The molecule has 1 amide bonds. The second kappa shape index (κ2) is 6.61. The van der Waals surface area contributed by atoms with Gasteiger partial charge in [-0.1, -0.05) is 18.5 Å². The molecule has 0 spiro atoms. The van der Waals surface area contributed by atoms with Gasteiger partial charge in [0.05, 0.1) is 16.6 Å². The first-order valence-corrected chi connectivity index (χ1v) is 6.35. The summed E-state index contributed by atoms with van der Waals surface area (Å²) in [5.74, 6) is -0.217. The molecular formula is C13H20ClN3O. The highest BCUT2D eigenvalue weighted by atomic mass is 35.5.